The summed E-state index contributed by atoms with van der Waals surface area (Å²) in [6.45, 7) is 5.61. The Labute approximate surface area is 87.4 Å². The molecule has 2 heteroatoms. The highest BCUT2D eigenvalue weighted by atomic mass is 16.5. The van der Waals surface area contributed by atoms with Crippen molar-refractivity contribution in [2.75, 3.05) is 19.7 Å². The molecule has 2 rings (SSSR count). The second-order valence-electron chi connectivity index (χ2n) is 4.96. The SMILES string of the molecule is CCCC[C@H]1COC2(CCNCC2)C1. The zero-order chi connectivity index (χ0) is 9.86. The van der Waals surface area contributed by atoms with Crippen LogP contribution in [0.25, 0.3) is 0 Å². The fourth-order valence-corrected chi connectivity index (χ4v) is 2.85. The summed E-state index contributed by atoms with van der Waals surface area (Å²) in [6.07, 6.45) is 7.87. The molecule has 0 aromatic heterocycles. The second-order valence-corrected chi connectivity index (χ2v) is 4.96. The summed E-state index contributed by atoms with van der Waals surface area (Å²) in [5.41, 5.74) is 0.281. The first kappa shape index (κ1) is 10.4. The van der Waals surface area contributed by atoms with Gasteiger partial charge in [-0.2, -0.15) is 0 Å². The first-order chi connectivity index (χ1) is 6.85. The lowest BCUT2D eigenvalue weighted by molar-refractivity contribution is -0.0197. The molecule has 0 amide bonds. The highest BCUT2D eigenvalue weighted by molar-refractivity contribution is 4.92. The molecule has 2 aliphatic heterocycles. The molecular formula is C12H23NO. The minimum absolute atomic E-state index is 0.281. The number of ether oxygens (including phenoxy) is 1. The Morgan fingerprint density at radius 3 is 2.86 bits per heavy atom. The summed E-state index contributed by atoms with van der Waals surface area (Å²) in [6, 6.07) is 0. The number of hydrogen-bond donors (Lipinski definition) is 1. The van der Waals surface area contributed by atoms with Crippen LogP contribution in [0.4, 0.5) is 0 Å². The van der Waals surface area contributed by atoms with Gasteiger partial charge in [-0.3, -0.25) is 0 Å². The fraction of sp³-hybridized carbons (Fsp3) is 1.00. The standard InChI is InChI=1S/C12H23NO/c1-2-3-4-11-9-12(14-10-11)5-7-13-8-6-12/h11,13H,2-10H2,1H3/t11-/m1/s1. The van der Waals surface area contributed by atoms with E-state index in [4.69, 9.17) is 4.74 Å². The Hall–Kier alpha value is -0.0800. The van der Waals surface area contributed by atoms with Gasteiger partial charge in [-0.1, -0.05) is 19.8 Å². The number of piperidine rings is 1. The van der Waals surface area contributed by atoms with Crippen molar-refractivity contribution in [1.29, 1.82) is 0 Å². The quantitative estimate of drug-likeness (QED) is 0.750. The number of rotatable bonds is 3. The summed E-state index contributed by atoms with van der Waals surface area (Å²) in [5, 5.41) is 3.41. The molecule has 0 unspecified atom stereocenters. The Morgan fingerprint density at radius 2 is 2.14 bits per heavy atom. The lowest BCUT2D eigenvalue weighted by Crippen LogP contribution is -2.41. The maximum absolute atomic E-state index is 6.05. The number of hydrogen-bond acceptors (Lipinski definition) is 2. The fourth-order valence-electron chi connectivity index (χ4n) is 2.85. The molecule has 2 saturated heterocycles. The lowest BCUT2D eigenvalue weighted by Gasteiger charge is -2.33. The number of nitrogens with one attached hydrogen (secondary N) is 1. The molecule has 2 heterocycles. The molecule has 2 fully saturated rings. The van der Waals surface area contributed by atoms with Crippen LogP contribution in [0.2, 0.25) is 0 Å². The summed E-state index contributed by atoms with van der Waals surface area (Å²) in [7, 11) is 0. The Kier molecular flexibility index (Phi) is 3.45. The van der Waals surface area contributed by atoms with Crippen LogP contribution in [0.1, 0.15) is 45.4 Å². The molecule has 0 bridgehead atoms. The average Bonchev–Trinajstić information content (AvgIpc) is 2.60. The highest BCUT2D eigenvalue weighted by Gasteiger charge is 2.40. The third-order valence-corrected chi connectivity index (χ3v) is 3.77. The predicted molar refractivity (Wildman–Crippen MR) is 58.4 cm³/mol. The molecular weight excluding hydrogens is 174 g/mol. The van der Waals surface area contributed by atoms with Gasteiger partial charge in [-0.15, -0.1) is 0 Å². The van der Waals surface area contributed by atoms with Gasteiger partial charge in [0.2, 0.25) is 0 Å². The minimum Gasteiger partial charge on any atom is -0.375 e. The minimum atomic E-state index is 0.281. The lowest BCUT2D eigenvalue weighted by atomic mass is 9.84. The molecule has 2 nitrogen and oxygen atoms in total. The van der Waals surface area contributed by atoms with E-state index in [0.29, 0.717) is 0 Å². The summed E-state index contributed by atoms with van der Waals surface area (Å²) in [5.74, 6) is 0.855. The van der Waals surface area contributed by atoms with Crippen molar-refractivity contribution in [1.82, 2.24) is 5.32 Å². The molecule has 0 radical (unpaired) electrons. The van der Waals surface area contributed by atoms with Crippen LogP contribution in [0.5, 0.6) is 0 Å². The molecule has 1 atom stereocenters. The van der Waals surface area contributed by atoms with E-state index < -0.39 is 0 Å². The van der Waals surface area contributed by atoms with Gasteiger partial charge in [-0.25, -0.2) is 0 Å². The maximum Gasteiger partial charge on any atom is 0.0710 e. The zero-order valence-electron chi connectivity index (χ0n) is 9.35. The highest BCUT2D eigenvalue weighted by Crippen LogP contribution is 2.38. The molecule has 82 valence electrons. The van der Waals surface area contributed by atoms with E-state index >= 15 is 0 Å². The first-order valence-corrected chi connectivity index (χ1v) is 6.19. The molecule has 0 aliphatic carbocycles. The van der Waals surface area contributed by atoms with Gasteiger partial charge in [0.1, 0.15) is 0 Å². The van der Waals surface area contributed by atoms with E-state index in [1.165, 1.54) is 38.5 Å². The van der Waals surface area contributed by atoms with Crippen molar-refractivity contribution in [3.8, 4) is 0 Å². The van der Waals surface area contributed by atoms with Crippen LogP contribution < -0.4 is 5.32 Å². The second kappa shape index (κ2) is 4.63. The third-order valence-electron chi connectivity index (χ3n) is 3.77. The van der Waals surface area contributed by atoms with Gasteiger partial charge in [-0.05, 0) is 44.7 Å². The van der Waals surface area contributed by atoms with E-state index in [-0.39, 0.29) is 5.60 Å². The smallest absolute Gasteiger partial charge is 0.0710 e. The molecule has 0 aromatic rings. The van der Waals surface area contributed by atoms with Gasteiger partial charge >= 0.3 is 0 Å². The predicted octanol–water partition coefficient (Wildman–Crippen LogP) is 2.34. The summed E-state index contributed by atoms with van der Waals surface area (Å²) >= 11 is 0. The van der Waals surface area contributed by atoms with Gasteiger partial charge in [0.25, 0.3) is 0 Å². The number of unbranched alkanes of at least 4 members (excludes halogenated alkanes) is 1. The van der Waals surface area contributed by atoms with E-state index in [0.717, 1.165) is 25.6 Å². The molecule has 0 aromatic carbocycles. The largest absolute Gasteiger partial charge is 0.375 e. The third kappa shape index (κ3) is 2.29. The van der Waals surface area contributed by atoms with E-state index in [1.807, 2.05) is 0 Å². The topological polar surface area (TPSA) is 21.3 Å². The van der Waals surface area contributed by atoms with Gasteiger partial charge in [0.15, 0.2) is 0 Å². The van der Waals surface area contributed by atoms with Crippen molar-refractivity contribution in [3.63, 3.8) is 0 Å². The van der Waals surface area contributed by atoms with Crippen LogP contribution in [-0.2, 0) is 4.74 Å². The van der Waals surface area contributed by atoms with Crippen LogP contribution in [0.3, 0.4) is 0 Å². The summed E-state index contributed by atoms with van der Waals surface area (Å²) < 4.78 is 6.05. The monoisotopic (exact) mass is 197 g/mol. The van der Waals surface area contributed by atoms with Crippen LogP contribution in [-0.4, -0.2) is 25.3 Å². The summed E-state index contributed by atoms with van der Waals surface area (Å²) in [4.78, 5) is 0. The molecule has 14 heavy (non-hydrogen) atoms. The molecule has 2 aliphatic rings. The first-order valence-electron chi connectivity index (χ1n) is 6.19. The van der Waals surface area contributed by atoms with Crippen molar-refractivity contribution >= 4 is 0 Å². The Balaban J connectivity index is 1.80. The molecule has 1 spiro atoms. The van der Waals surface area contributed by atoms with Crippen LogP contribution in [0.15, 0.2) is 0 Å². The van der Waals surface area contributed by atoms with Gasteiger partial charge < -0.3 is 10.1 Å². The van der Waals surface area contributed by atoms with Crippen molar-refractivity contribution in [3.05, 3.63) is 0 Å². The zero-order valence-corrected chi connectivity index (χ0v) is 9.35. The Morgan fingerprint density at radius 1 is 1.36 bits per heavy atom. The Bertz CT molecular complexity index is 175. The maximum atomic E-state index is 6.05. The van der Waals surface area contributed by atoms with Gasteiger partial charge in [0.05, 0.1) is 12.2 Å². The van der Waals surface area contributed by atoms with Crippen molar-refractivity contribution in [2.45, 2.75) is 51.0 Å². The van der Waals surface area contributed by atoms with E-state index in [1.54, 1.807) is 0 Å². The van der Waals surface area contributed by atoms with E-state index in [9.17, 15) is 0 Å². The van der Waals surface area contributed by atoms with Gasteiger partial charge in [0, 0.05) is 0 Å². The average molecular weight is 197 g/mol. The van der Waals surface area contributed by atoms with Crippen LogP contribution >= 0.6 is 0 Å². The van der Waals surface area contributed by atoms with Crippen molar-refractivity contribution in [2.24, 2.45) is 5.92 Å². The molecule has 1 N–H and O–H groups in total. The van der Waals surface area contributed by atoms with E-state index in [2.05, 4.69) is 12.2 Å². The molecule has 0 saturated carbocycles. The van der Waals surface area contributed by atoms with Crippen molar-refractivity contribution < 1.29 is 4.74 Å². The van der Waals surface area contributed by atoms with Crippen LogP contribution in [0, 0.1) is 5.92 Å². The normalized spacial score (nSPS) is 31.1.